The Labute approximate surface area is 142 Å². The van der Waals surface area contributed by atoms with E-state index in [-0.39, 0.29) is 30.6 Å². The van der Waals surface area contributed by atoms with Gasteiger partial charge in [0.2, 0.25) is 5.91 Å². The molecule has 132 valence electrons. The fourth-order valence-corrected chi connectivity index (χ4v) is 2.59. The van der Waals surface area contributed by atoms with Crippen LogP contribution in [0.2, 0.25) is 0 Å². The molecule has 2 rings (SSSR count). The summed E-state index contributed by atoms with van der Waals surface area (Å²) in [6, 6.07) is 0.0458. The van der Waals surface area contributed by atoms with Gasteiger partial charge in [0.25, 0.3) is 5.91 Å². The average Bonchev–Trinajstić information content (AvgIpc) is 2.79. The van der Waals surface area contributed by atoms with E-state index in [1.54, 1.807) is 6.20 Å². The molecule has 1 aromatic rings. The number of aryl methyl sites for hydroxylation is 1. The fourth-order valence-electron chi connectivity index (χ4n) is 2.59. The van der Waals surface area contributed by atoms with Crippen LogP contribution in [0.3, 0.4) is 0 Å². The van der Waals surface area contributed by atoms with Gasteiger partial charge in [0, 0.05) is 25.3 Å². The van der Waals surface area contributed by atoms with Crippen molar-refractivity contribution in [1.82, 2.24) is 20.2 Å². The molecule has 2 heterocycles. The molecule has 7 nitrogen and oxygen atoms in total. The van der Waals surface area contributed by atoms with E-state index in [2.05, 4.69) is 15.3 Å². The third-order valence-corrected chi connectivity index (χ3v) is 3.97. The standard InChI is InChI=1S/C17H26N4O3/c1-12(2)24-11-16(22)21-7-4-5-14(6-8-21)20-17(23)15-10-18-13(3)9-19-15/h9-10,12,14H,4-8,11H2,1-3H3,(H,20,23). The van der Waals surface area contributed by atoms with E-state index in [0.717, 1.165) is 25.0 Å². The van der Waals surface area contributed by atoms with Crippen LogP contribution in [0.25, 0.3) is 0 Å². The number of carbonyl (C=O) groups is 2. The lowest BCUT2D eigenvalue weighted by Gasteiger charge is -2.21. The Kier molecular flexibility index (Phi) is 6.66. The van der Waals surface area contributed by atoms with Gasteiger partial charge in [-0.15, -0.1) is 0 Å². The maximum atomic E-state index is 12.2. The van der Waals surface area contributed by atoms with Crippen LogP contribution in [0.1, 0.15) is 49.3 Å². The molecule has 0 spiro atoms. The van der Waals surface area contributed by atoms with Gasteiger partial charge in [0.15, 0.2) is 0 Å². The highest BCUT2D eigenvalue weighted by atomic mass is 16.5. The van der Waals surface area contributed by atoms with Crippen molar-refractivity contribution in [1.29, 1.82) is 0 Å². The van der Waals surface area contributed by atoms with E-state index in [9.17, 15) is 9.59 Å². The molecular formula is C17H26N4O3. The molecule has 1 N–H and O–H groups in total. The van der Waals surface area contributed by atoms with Crippen LogP contribution in [0.15, 0.2) is 12.4 Å². The van der Waals surface area contributed by atoms with Gasteiger partial charge in [0.1, 0.15) is 12.3 Å². The van der Waals surface area contributed by atoms with Gasteiger partial charge >= 0.3 is 0 Å². The maximum absolute atomic E-state index is 12.2. The van der Waals surface area contributed by atoms with E-state index >= 15 is 0 Å². The second-order valence-electron chi connectivity index (χ2n) is 6.38. The summed E-state index contributed by atoms with van der Waals surface area (Å²) in [5.74, 6) is -0.199. The number of amides is 2. The average molecular weight is 334 g/mol. The second-order valence-corrected chi connectivity index (χ2v) is 6.38. The van der Waals surface area contributed by atoms with Crippen LogP contribution in [-0.4, -0.2) is 58.5 Å². The lowest BCUT2D eigenvalue weighted by atomic mass is 10.1. The molecule has 0 bridgehead atoms. The SMILES string of the molecule is Cc1cnc(C(=O)NC2CCCN(C(=O)COC(C)C)CC2)cn1. The van der Waals surface area contributed by atoms with Crippen LogP contribution in [0.5, 0.6) is 0 Å². The van der Waals surface area contributed by atoms with Crippen LogP contribution >= 0.6 is 0 Å². The van der Waals surface area contributed by atoms with Crippen molar-refractivity contribution >= 4 is 11.8 Å². The van der Waals surface area contributed by atoms with Crippen molar-refractivity contribution < 1.29 is 14.3 Å². The van der Waals surface area contributed by atoms with Crippen molar-refractivity contribution in [3.05, 3.63) is 23.8 Å². The predicted octanol–water partition coefficient (Wildman–Crippen LogP) is 1.32. The molecule has 0 radical (unpaired) electrons. The lowest BCUT2D eigenvalue weighted by Crippen LogP contribution is -2.38. The fraction of sp³-hybridized carbons (Fsp3) is 0.647. The van der Waals surface area contributed by atoms with Gasteiger partial charge in [-0.05, 0) is 40.0 Å². The van der Waals surface area contributed by atoms with Crippen molar-refractivity contribution in [2.45, 2.75) is 52.2 Å². The number of nitrogens with one attached hydrogen (secondary N) is 1. The molecule has 0 aromatic carbocycles. The Morgan fingerprint density at radius 2 is 2.08 bits per heavy atom. The number of carbonyl (C=O) groups excluding carboxylic acids is 2. The highest BCUT2D eigenvalue weighted by Gasteiger charge is 2.22. The number of ether oxygens (including phenoxy) is 1. The molecular weight excluding hydrogens is 308 g/mol. The molecule has 1 saturated heterocycles. The minimum absolute atomic E-state index is 0.0140. The van der Waals surface area contributed by atoms with Gasteiger partial charge in [-0.25, -0.2) is 4.98 Å². The Bertz CT molecular complexity index is 559. The molecule has 2 amide bonds. The summed E-state index contributed by atoms with van der Waals surface area (Å²) in [4.78, 5) is 34.4. The highest BCUT2D eigenvalue weighted by Crippen LogP contribution is 2.12. The van der Waals surface area contributed by atoms with Crippen molar-refractivity contribution in [3.8, 4) is 0 Å². The third kappa shape index (κ3) is 5.56. The molecule has 24 heavy (non-hydrogen) atoms. The normalized spacial score (nSPS) is 18.3. The number of rotatable bonds is 5. The zero-order chi connectivity index (χ0) is 17.5. The largest absolute Gasteiger partial charge is 0.369 e. The third-order valence-electron chi connectivity index (χ3n) is 3.97. The Balaban J connectivity index is 1.83. The summed E-state index contributed by atoms with van der Waals surface area (Å²) in [5, 5.41) is 2.99. The molecule has 1 aliphatic heterocycles. The number of aromatic nitrogens is 2. The number of hydrogen-bond acceptors (Lipinski definition) is 5. The van der Waals surface area contributed by atoms with E-state index in [0.29, 0.717) is 18.8 Å². The zero-order valence-electron chi connectivity index (χ0n) is 14.6. The predicted molar refractivity (Wildman–Crippen MR) is 89.5 cm³/mol. The van der Waals surface area contributed by atoms with Crippen molar-refractivity contribution in [3.63, 3.8) is 0 Å². The number of hydrogen-bond donors (Lipinski definition) is 1. The number of nitrogens with zero attached hydrogens (tertiary/aromatic N) is 3. The quantitative estimate of drug-likeness (QED) is 0.878. The van der Waals surface area contributed by atoms with Crippen LogP contribution in [0.4, 0.5) is 0 Å². The van der Waals surface area contributed by atoms with Crippen molar-refractivity contribution in [2.24, 2.45) is 0 Å². The minimum atomic E-state index is -0.213. The van der Waals surface area contributed by atoms with Crippen LogP contribution in [-0.2, 0) is 9.53 Å². The van der Waals surface area contributed by atoms with Gasteiger partial charge in [0.05, 0.1) is 18.0 Å². The Morgan fingerprint density at radius 1 is 1.29 bits per heavy atom. The Hall–Kier alpha value is -2.02. The molecule has 1 aromatic heterocycles. The summed E-state index contributed by atoms with van der Waals surface area (Å²) in [6.07, 6.45) is 5.55. The molecule has 7 heteroatoms. The molecule has 1 aliphatic rings. The summed E-state index contributed by atoms with van der Waals surface area (Å²) in [6.45, 7) is 7.11. The van der Waals surface area contributed by atoms with E-state index < -0.39 is 0 Å². The lowest BCUT2D eigenvalue weighted by molar-refractivity contribution is -0.137. The van der Waals surface area contributed by atoms with Crippen molar-refractivity contribution in [2.75, 3.05) is 19.7 Å². The molecule has 0 aliphatic carbocycles. The van der Waals surface area contributed by atoms with Crippen LogP contribution < -0.4 is 5.32 Å². The summed E-state index contributed by atoms with van der Waals surface area (Å²) in [7, 11) is 0. The minimum Gasteiger partial charge on any atom is -0.369 e. The molecule has 1 unspecified atom stereocenters. The van der Waals surface area contributed by atoms with Gasteiger partial charge in [-0.1, -0.05) is 0 Å². The number of likely N-dealkylation sites (tertiary alicyclic amines) is 1. The topological polar surface area (TPSA) is 84.4 Å². The summed E-state index contributed by atoms with van der Waals surface area (Å²) in [5.41, 5.74) is 1.10. The molecule has 1 fully saturated rings. The van der Waals surface area contributed by atoms with Crippen LogP contribution in [0, 0.1) is 6.92 Å². The van der Waals surface area contributed by atoms with E-state index in [1.807, 2.05) is 25.7 Å². The van der Waals surface area contributed by atoms with Gasteiger partial charge in [-0.2, -0.15) is 0 Å². The molecule has 0 saturated carbocycles. The smallest absolute Gasteiger partial charge is 0.271 e. The summed E-state index contributed by atoms with van der Waals surface area (Å²) < 4.78 is 5.38. The van der Waals surface area contributed by atoms with E-state index in [1.165, 1.54) is 6.20 Å². The summed E-state index contributed by atoms with van der Waals surface area (Å²) >= 11 is 0. The first kappa shape index (κ1) is 18.3. The first-order chi connectivity index (χ1) is 11.5. The highest BCUT2D eigenvalue weighted by molar-refractivity contribution is 5.92. The second kappa shape index (κ2) is 8.73. The first-order valence-electron chi connectivity index (χ1n) is 8.44. The molecule has 1 atom stereocenters. The Morgan fingerprint density at radius 3 is 2.75 bits per heavy atom. The monoisotopic (exact) mass is 334 g/mol. The van der Waals surface area contributed by atoms with Gasteiger partial charge < -0.3 is 15.0 Å². The van der Waals surface area contributed by atoms with E-state index in [4.69, 9.17) is 4.74 Å². The zero-order valence-corrected chi connectivity index (χ0v) is 14.6. The van der Waals surface area contributed by atoms with Gasteiger partial charge in [-0.3, -0.25) is 14.6 Å². The maximum Gasteiger partial charge on any atom is 0.271 e. The first-order valence-corrected chi connectivity index (χ1v) is 8.44.